The van der Waals surface area contributed by atoms with Crippen molar-refractivity contribution in [1.29, 1.82) is 5.26 Å². The Kier molecular flexibility index (Phi) is 5.13. The largest absolute Gasteiger partial charge is 0.497 e. The van der Waals surface area contributed by atoms with Gasteiger partial charge in [0.15, 0.2) is 0 Å². The fourth-order valence-electron chi connectivity index (χ4n) is 3.08. The molecule has 136 valence electrons. The average Bonchev–Trinajstić information content (AvgIpc) is 2.73. The first kappa shape index (κ1) is 18.1. The molecule has 0 saturated heterocycles. The van der Waals surface area contributed by atoms with Crippen LogP contribution in [0.25, 0.3) is 5.70 Å². The second-order valence-corrected chi connectivity index (χ2v) is 5.92. The zero-order valence-corrected chi connectivity index (χ0v) is 15.1. The third-order valence-electron chi connectivity index (χ3n) is 4.43. The van der Waals surface area contributed by atoms with Gasteiger partial charge in [-0.15, -0.1) is 0 Å². The molecule has 0 saturated carbocycles. The minimum absolute atomic E-state index is 0.0310. The Bertz CT molecular complexity index is 967. The summed E-state index contributed by atoms with van der Waals surface area (Å²) in [5.41, 5.74) is 15.6. The minimum Gasteiger partial charge on any atom is -0.497 e. The molecule has 0 aliphatic carbocycles. The standard InChI is InChI=1S/C21H20N4O2/c1-25-21-18(19(23)14-6-4-3-5-7-14)17(16(12-22)20(24)27-21)13-8-10-15(26-2)11-9-13/h3-11,17H,23-24H2,1-2H3/b19-18-,25-21?. The van der Waals surface area contributed by atoms with Gasteiger partial charge in [-0.1, -0.05) is 42.5 Å². The zero-order chi connectivity index (χ0) is 19.4. The maximum Gasteiger partial charge on any atom is 0.222 e. The van der Waals surface area contributed by atoms with Gasteiger partial charge in [-0.25, -0.2) is 0 Å². The molecule has 2 aromatic carbocycles. The number of allylic oxidation sites excluding steroid dienone is 1. The summed E-state index contributed by atoms with van der Waals surface area (Å²) >= 11 is 0. The summed E-state index contributed by atoms with van der Waals surface area (Å²) < 4.78 is 10.8. The van der Waals surface area contributed by atoms with E-state index in [1.54, 1.807) is 14.2 Å². The smallest absolute Gasteiger partial charge is 0.222 e. The van der Waals surface area contributed by atoms with E-state index in [2.05, 4.69) is 11.1 Å². The van der Waals surface area contributed by atoms with Crippen LogP contribution in [0.3, 0.4) is 0 Å². The lowest BCUT2D eigenvalue weighted by Gasteiger charge is -2.29. The van der Waals surface area contributed by atoms with E-state index < -0.39 is 5.92 Å². The Morgan fingerprint density at radius 2 is 1.81 bits per heavy atom. The van der Waals surface area contributed by atoms with E-state index in [1.165, 1.54) is 0 Å². The van der Waals surface area contributed by atoms with E-state index in [4.69, 9.17) is 20.9 Å². The van der Waals surface area contributed by atoms with Crippen LogP contribution in [0.1, 0.15) is 17.0 Å². The molecule has 2 aromatic rings. The normalized spacial score (nSPS) is 20.0. The lowest BCUT2D eigenvalue weighted by Crippen LogP contribution is -2.29. The van der Waals surface area contributed by atoms with Crippen LogP contribution in [0.15, 0.2) is 76.6 Å². The van der Waals surface area contributed by atoms with Crippen molar-refractivity contribution in [2.24, 2.45) is 16.5 Å². The summed E-state index contributed by atoms with van der Waals surface area (Å²) in [6.07, 6.45) is 0. The molecule has 0 fully saturated rings. The molecule has 0 amide bonds. The van der Waals surface area contributed by atoms with E-state index in [9.17, 15) is 5.26 Å². The van der Waals surface area contributed by atoms with Crippen LogP contribution in [0.4, 0.5) is 0 Å². The molecule has 1 aliphatic rings. The first-order valence-electron chi connectivity index (χ1n) is 8.34. The molecule has 0 aromatic heterocycles. The van der Waals surface area contributed by atoms with E-state index in [0.29, 0.717) is 28.5 Å². The first-order chi connectivity index (χ1) is 13.1. The molecule has 1 heterocycles. The van der Waals surface area contributed by atoms with Gasteiger partial charge in [0.1, 0.15) is 17.4 Å². The SMILES string of the molecule is CN=C1OC(N)=C(C#N)C(c2ccc(OC)cc2)/C1=C(/N)c1ccccc1. The van der Waals surface area contributed by atoms with Crippen molar-refractivity contribution >= 4 is 11.6 Å². The minimum atomic E-state index is -0.492. The van der Waals surface area contributed by atoms with Crippen LogP contribution in [0.2, 0.25) is 0 Å². The topological polar surface area (TPSA) is 107 Å². The molecule has 1 aliphatic heterocycles. The molecular weight excluding hydrogens is 340 g/mol. The van der Waals surface area contributed by atoms with Gasteiger partial charge in [0.25, 0.3) is 0 Å². The lowest BCUT2D eigenvalue weighted by atomic mass is 9.81. The summed E-state index contributed by atoms with van der Waals surface area (Å²) in [5.74, 6) is 0.554. The highest BCUT2D eigenvalue weighted by Crippen LogP contribution is 2.40. The van der Waals surface area contributed by atoms with Crippen molar-refractivity contribution in [2.45, 2.75) is 5.92 Å². The van der Waals surface area contributed by atoms with E-state index in [-0.39, 0.29) is 5.88 Å². The van der Waals surface area contributed by atoms with Crippen molar-refractivity contribution in [2.75, 3.05) is 14.2 Å². The van der Waals surface area contributed by atoms with Gasteiger partial charge in [0.2, 0.25) is 11.8 Å². The monoisotopic (exact) mass is 360 g/mol. The summed E-state index contributed by atoms with van der Waals surface area (Å²) in [6, 6.07) is 19.1. The van der Waals surface area contributed by atoms with Gasteiger partial charge in [-0.2, -0.15) is 5.26 Å². The van der Waals surface area contributed by atoms with Crippen molar-refractivity contribution < 1.29 is 9.47 Å². The fraction of sp³-hybridized carbons (Fsp3) is 0.143. The molecule has 0 radical (unpaired) electrons. The lowest BCUT2D eigenvalue weighted by molar-refractivity contribution is 0.387. The number of benzene rings is 2. The molecule has 4 N–H and O–H groups in total. The van der Waals surface area contributed by atoms with Crippen LogP contribution >= 0.6 is 0 Å². The van der Waals surface area contributed by atoms with Crippen LogP contribution in [-0.2, 0) is 4.74 Å². The number of methoxy groups -OCH3 is 1. The molecule has 6 heteroatoms. The van der Waals surface area contributed by atoms with Gasteiger partial charge in [-0.3, -0.25) is 4.99 Å². The predicted molar refractivity (Wildman–Crippen MR) is 105 cm³/mol. The van der Waals surface area contributed by atoms with E-state index in [0.717, 1.165) is 11.1 Å². The van der Waals surface area contributed by atoms with Crippen LogP contribution in [0, 0.1) is 11.3 Å². The quantitative estimate of drug-likeness (QED) is 0.875. The molecule has 0 spiro atoms. The third-order valence-corrected chi connectivity index (χ3v) is 4.43. The Morgan fingerprint density at radius 3 is 2.37 bits per heavy atom. The maximum absolute atomic E-state index is 9.73. The second kappa shape index (κ2) is 7.67. The Balaban J connectivity index is 2.27. The van der Waals surface area contributed by atoms with Gasteiger partial charge >= 0.3 is 0 Å². The average molecular weight is 360 g/mol. The second-order valence-electron chi connectivity index (χ2n) is 5.92. The first-order valence-corrected chi connectivity index (χ1v) is 8.34. The highest BCUT2D eigenvalue weighted by atomic mass is 16.5. The Hall–Kier alpha value is -3.72. The molecule has 3 rings (SSSR count). The number of rotatable bonds is 3. The summed E-state index contributed by atoms with van der Waals surface area (Å²) in [7, 11) is 3.20. The number of nitriles is 1. The summed E-state index contributed by atoms with van der Waals surface area (Å²) in [4.78, 5) is 4.21. The van der Waals surface area contributed by atoms with Crippen LogP contribution < -0.4 is 16.2 Å². The van der Waals surface area contributed by atoms with Crippen molar-refractivity contribution in [3.63, 3.8) is 0 Å². The molecule has 1 atom stereocenters. The van der Waals surface area contributed by atoms with Gasteiger partial charge < -0.3 is 20.9 Å². The van der Waals surface area contributed by atoms with Crippen LogP contribution in [0.5, 0.6) is 5.75 Å². The van der Waals surface area contributed by atoms with E-state index >= 15 is 0 Å². The highest BCUT2D eigenvalue weighted by molar-refractivity contribution is 6.04. The van der Waals surface area contributed by atoms with Crippen molar-refractivity contribution in [1.82, 2.24) is 0 Å². The Labute approximate surface area is 158 Å². The van der Waals surface area contributed by atoms with Crippen molar-refractivity contribution in [3.05, 3.63) is 82.8 Å². The van der Waals surface area contributed by atoms with E-state index in [1.807, 2.05) is 54.6 Å². The molecule has 1 unspecified atom stereocenters. The Morgan fingerprint density at radius 1 is 1.15 bits per heavy atom. The molecule has 6 nitrogen and oxygen atoms in total. The van der Waals surface area contributed by atoms with Gasteiger partial charge in [-0.05, 0) is 23.3 Å². The number of aliphatic imine (C=N–C) groups is 1. The third kappa shape index (κ3) is 3.35. The number of nitrogens with zero attached hydrogens (tertiary/aromatic N) is 2. The maximum atomic E-state index is 9.73. The molecular formula is C21H20N4O2. The van der Waals surface area contributed by atoms with Gasteiger partial charge in [0, 0.05) is 12.7 Å². The van der Waals surface area contributed by atoms with Crippen molar-refractivity contribution in [3.8, 4) is 11.8 Å². The fourth-order valence-corrected chi connectivity index (χ4v) is 3.08. The number of hydrogen-bond donors (Lipinski definition) is 2. The highest BCUT2D eigenvalue weighted by Gasteiger charge is 2.36. The number of hydrogen-bond acceptors (Lipinski definition) is 6. The van der Waals surface area contributed by atoms with Gasteiger partial charge in [0.05, 0.1) is 18.6 Å². The zero-order valence-electron chi connectivity index (χ0n) is 15.1. The summed E-state index contributed by atoms with van der Waals surface area (Å²) in [6.45, 7) is 0. The molecule has 0 bridgehead atoms. The summed E-state index contributed by atoms with van der Waals surface area (Å²) in [5, 5.41) is 9.73. The molecule has 27 heavy (non-hydrogen) atoms. The predicted octanol–water partition coefficient (Wildman–Crippen LogP) is 2.90. The number of ether oxygens (including phenoxy) is 2. The number of nitrogens with two attached hydrogens (primary N) is 2. The van der Waals surface area contributed by atoms with Crippen LogP contribution in [-0.4, -0.2) is 20.1 Å².